The van der Waals surface area contributed by atoms with Crippen molar-refractivity contribution in [3.8, 4) is 0 Å². The molecular formula is C19H28N6S. The third kappa shape index (κ3) is 3.07. The van der Waals surface area contributed by atoms with Gasteiger partial charge in [-0.25, -0.2) is 9.97 Å². The third-order valence-corrected chi connectivity index (χ3v) is 6.70. The zero-order chi connectivity index (χ0) is 18.1. The predicted molar refractivity (Wildman–Crippen MR) is 108 cm³/mol. The smallest absolute Gasteiger partial charge is 0.227 e. The van der Waals surface area contributed by atoms with Crippen LogP contribution in [0.2, 0.25) is 0 Å². The summed E-state index contributed by atoms with van der Waals surface area (Å²) in [6.45, 7) is 11.0. The molecule has 3 aromatic rings. The van der Waals surface area contributed by atoms with Gasteiger partial charge in [-0.3, -0.25) is 0 Å². The number of hydrogen-bond acceptors (Lipinski definition) is 6. The SMILES string of the molecule is CCN(CC)CCCNc1nc2sc3c(c2c2ncnn12)[C@H](C)CCC3. The Morgan fingerprint density at radius 3 is 3.00 bits per heavy atom. The highest BCUT2D eigenvalue weighted by Crippen LogP contribution is 2.43. The minimum Gasteiger partial charge on any atom is -0.354 e. The monoisotopic (exact) mass is 372 g/mol. The fraction of sp³-hybridized carbons (Fsp3) is 0.632. The fourth-order valence-corrected chi connectivity index (χ4v) is 5.39. The molecule has 1 aliphatic carbocycles. The molecule has 0 fully saturated rings. The maximum Gasteiger partial charge on any atom is 0.227 e. The summed E-state index contributed by atoms with van der Waals surface area (Å²) in [5, 5.41) is 9.16. The molecule has 3 heterocycles. The van der Waals surface area contributed by atoms with E-state index in [0.717, 1.165) is 49.0 Å². The van der Waals surface area contributed by atoms with Crippen LogP contribution in [0.5, 0.6) is 0 Å². The molecular weight excluding hydrogens is 344 g/mol. The van der Waals surface area contributed by atoms with Gasteiger partial charge in [0.05, 0.1) is 5.39 Å². The zero-order valence-electron chi connectivity index (χ0n) is 16.0. The van der Waals surface area contributed by atoms with Gasteiger partial charge < -0.3 is 10.2 Å². The normalized spacial score (nSPS) is 17.3. The van der Waals surface area contributed by atoms with Crippen LogP contribution in [0.4, 0.5) is 5.95 Å². The maximum absolute atomic E-state index is 4.93. The van der Waals surface area contributed by atoms with E-state index in [1.54, 1.807) is 6.33 Å². The van der Waals surface area contributed by atoms with Crippen molar-refractivity contribution in [1.29, 1.82) is 0 Å². The minimum atomic E-state index is 0.586. The maximum atomic E-state index is 4.93. The first-order chi connectivity index (χ1) is 12.7. The van der Waals surface area contributed by atoms with Crippen LogP contribution in [0, 0.1) is 0 Å². The van der Waals surface area contributed by atoms with Gasteiger partial charge in [-0.05, 0) is 56.8 Å². The van der Waals surface area contributed by atoms with Crippen LogP contribution >= 0.6 is 11.3 Å². The number of fused-ring (bicyclic) bond motifs is 5. The number of hydrogen-bond donors (Lipinski definition) is 1. The van der Waals surface area contributed by atoms with Crippen molar-refractivity contribution in [2.75, 3.05) is 31.5 Å². The molecule has 0 spiro atoms. The van der Waals surface area contributed by atoms with E-state index in [9.17, 15) is 0 Å². The first-order valence-electron chi connectivity index (χ1n) is 9.84. The molecule has 1 N–H and O–H groups in total. The lowest BCUT2D eigenvalue weighted by molar-refractivity contribution is 0.303. The highest BCUT2D eigenvalue weighted by atomic mass is 32.1. The molecule has 7 heteroatoms. The van der Waals surface area contributed by atoms with Crippen molar-refractivity contribution in [3.63, 3.8) is 0 Å². The number of aryl methyl sites for hydroxylation is 1. The fourth-order valence-electron chi connectivity index (χ4n) is 4.06. The van der Waals surface area contributed by atoms with Crippen molar-refractivity contribution in [1.82, 2.24) is 24.5 Å². The summed E-state index contributed by atoms with van der Waals surface area (Å²) >= 11 is 1.85. The van der Waals surface area contributed by atoms with Crippen LogP contribution < -0.4 is 5.32 Å². The van der Waals surface area contributed by atoms with Crippen LogP contribution in [-0.4, -0.2) is 50.7 Å². The minimum absolute atomic E-state index is 0.586. The van der Waals surface area contributed by atoms with Gasteiger partial charge in [0.15, 0.2) is 5.65 Å². The number of anilines is 1. The van der Waals surface area contributed by atoms with Gasteiger partial charge in [0, 0.05) is 11.4 Å². The predicted octanol–water partition coefficient (Wildman–Crippen LogP) is 3.92. The molecule has 4 rings (SSSR count). The molecule has 3 aromatic heterocycles. The molecule has 0 amide bonds. The molecule has 26 heavy (non-hydrogen) atoms. The van der Waals surface area contributed by atoms with E-state index in [2.05, 4.69) is 41.1 Å². The third-order valence-electron chi connectivity index (χ3n) is 5.55. The van der Waals surface area contributed by atoms with Crippen molar-refractivity contribution < 1.29 is 0 Å². The molecule has 0 saturated carbocycles. The van der Waals surface area contributed by atoms with Gasteiger partial charge in [-0.15, -0.1) is 11.3 Å². The van der Waals surface area contributed by atoms with Gasteiger partial charge in [0.1, 0.15) is 11.2 Å². The highest BCUT2D eigenvalue weighted by Gasteiger charge is 2.25. The highest BCUT2D eigenvalue weighted by molar-refractivity contribution is 7.19. The molecule has 1 atom stereocenters. The Balaban J connectivity index is 1.63. The largest absolute Gasteiger partial charge is 0.354 e. The molecule has 0 saturated heterocycles. The summed E-state index contributed by atoms with van der Waals surface area (Å²) in [4.78, 5) is 14.5. The number of aromatic nitrogens is 4. The second kappa shape index (κ2) is 7.48. The number of nitrogens with zero attached hydrogens (tertiary/aromatic N) is 5. The van der Waals surface area contributed by atoms with Crippen LogP contribution in [0.15, 0.2) is 6.33 Å². The number of nitrogens with one attached hydrogen (secondary N) is 1. The lowest BCUT2D eigenvalue weighted by Crippen LogP contribution is -2.25. The average Bonchev–Trinajstić information content (AvgIpc) is 3.26. The zero-order valence-corrected chi connectivity index (χ0v) is 16.8. The van der Waals surface area contributed by atoms with Crippen LogP contribution in [0.3, 0.4) is 0 Å². The summed E-state index contributed by atoms with van der Waals surface area (Å²) < 4.78 is 1.88. The average molecular weight is 373 g/mol. The Morgan fingerprint density at radius 1 is 1.35 bits per heavy atom. The Hall–Kier alpha value is -1.73. The van der Waals surface area contributed by atoms with E-state index in [0.29, 0.717) is 5.92 Å². The summed E-state index contributed by atoms with van der Waals surface area (Å²) in [5.41, 5.74) is 2.42. The molecule has 6 nitrogen and oxygen atoms in total. The van der Waals surface area contributed by atoms with E-state index < -0.39 is 0 Å². The molecule has 0 aromatic carbocycles. The second-order valence-corrected chi connectivity index (χ2v) is 8.23. The van der Waals surface area contributed by atoms with E-state index in [-0.39, 0.29) is 0 Å². The van der Waals surface area contributed by atoms with Gasteiger partial charge >= 0.3 is 0 Å². The molecule has 0 bridgehead atoms. The molecule has 1 aliphatic rings. The summed E-state index contributed by atoms with van der Waals surface area (Å²) in [6, 6.07) is 0. The second-order valence-electron chi connectivity index (χ2n) is 7.15. The molecule has 0 radical (unpaired) electrons. The standard InChI is InChI=1S/C19H28N6S/c1-4-24(5-2)11-7-10-20-19-23-18-16(17-21-12-22-25(17)19)15-13(3)8-6-9-14(15)26-18/h12-13H,4-11H2,1-3H3,(H,20,23)/t13-/m1/s1. The van der Waals surface area contributed by atoms with E-state index in [1.807, 2.05) is 15.9 Å². The summed E-state index contributed by atoms with van der Waals surface area (Å²) in [6.07, 6.45) is 6.45. The van der Waals surface area contributed by atoms with Gasteiger partial charge in [-0.2, -0.15) is 9.61 Å². The number of rotatable bonds is 7. The van der Waals surface area contributed by atoms with Crippen molar-refractivity contribution in [2.45, 2.75) is 52.4 Å². The molecule has 0 aliphatic heterocycles. The van der Waals surface area contributed by atoms with Gasteiger partial charge in [0.25, 0.3) is 0 Å². The Kier molecular flexibility index (Phi) is 5.09. The Labute approximate surface area is 158 Å². The van der Waals surface area contributed by atoms with Crippen molar-refractivity contribution >= 4 is 33.1 Å². The van der Waals surface area contributed by atoms with Gasteiger partial charge in [0.2, 0.25) is 5.95 Å². The van der Waals surface area contributed by atoms with Crippen LogP contribution in [0.1, 0.15) is 56.4 Å². The van der Waals surface area contributed by atoms with Gasteiger partial charge in [-0.1, -0.05) is 20.8 Å². The molecule has 0 unspecified atom stereocenters. The van der Waals surface area contributed by atoms with Crippen molar-refractivity contribution in [2.24, 2.45) is 0 Å². The van der Waals surface area contributed by atoms with E-state index in [1.165, 1.54) is 35.1 Å². The lowest BCUT2D eigenvalue weighted by atomic mass is 9.87. The quantitative estimate of drug-likeness (QED) is 0.637. The molecule has 140 valence electrons. The van der Waals surface area contributed by atoms with E-state index in [4.69, 9.17) is 4.98 Å². The van der Waals surface area contributed by atoms with Crippen molar-refractivity contribution in [3.05, 3.63) is 16.8 Å². The van der Waals surface area contributed by atoms with Crippen LogP contribution in [0.25, 0.3) is 15.9 Å². The number of thiophene rings is 1. The first kappa shape index (κ1) is 17.7. The Bertz CT molecular complexity index is 894. The first-order valence-corrected chi connectivity index (χ1v) is 10.7. The summed E-state index contributed by atoms with van der Waals surface area (Å²) in [7, 11) is 0. The topological polar surface area (TPSA) is 58.3 Å². The van der Waals surface area contributed by atoms with E-state index >= 15 is 0 Å². The Morgan fingerprint density at radius 2 is 2.19 bits per heavy atom. The lowest BCUT2D eigenvalue weighted by Gasteiger charge is -2.19. The van der Waals surface area contributed by atoms with Crippen LogP contribution in [-0.2, 0) is 6.42 Å². The summed E-state index contributed by atoms with van der Waals surface area (Å²) in [5.74, 6) is 1.40.